The largest absolute Gasteiger partial charge is 0.314 e. The zero-order valence-electron chi connectivity index (χ0n) is 10.9. The summed E-state index contributed by atoms with van der Waals surface area (Å²) in [5, 5.41) is 4.44. The number of hydrogen-bond acceptors (Lipinski definition) is 3. The summed E-state index contributed by atoms with van der Waals surface area (Å²) in [5.74, 6) is 1.35. The molecular weight excluding hydrogens is 258 g/mol. The van der Waals surface area contributed by atoms with Crippen LogP contribution in [0.4, 0.5) is 0 Å². The topological polar surface area (TPSA) is 12.0 Å². The highest BCUT2D eigenvalue weighted by Crippen LogP contribution is 2.38. The van der Waals surface area contributed by atoms with E-state index in [1.807, 2.05) is 11.8 Å². The van der Waals surface area contributed by atoms with Crippen LogP contribution in [0.25, 0.3) is 0 Å². The van der Waals surface area contributed by atoms with Gasteiger partial charge in [0.2, 0.25) is 0 Å². The quantitative estimate of drug-likeness (QED) is 0.905. The summed E-state index contributed by atoms with van der Waals surface area (Å²) in [7, 11) is 0. The SMILES string of the molecule is CC1(CNCC2Cc3ccccc3S2)CCCS1. The second-order valence-corrected chi connectivity index (χ2v) is 8.61. The highest BCUT2D eigenvalue weighted by molar-refractivity contribution is 8.01. The monoisotopic (exact) mass is 279 g/mol. The second-order valence-electron chi connectivity index (χ2n) is 5.58. The average molecular weight is 279 g/mol. The first-order valence-corrected chi connectivity index (χ1v) is 8.71. The summed E-state index contributed by atoms with van der Waals surface area (Å²) in [4.78, 5) is 1.49. The fraction of sp³-hybridized carbons (Fsp3) is 0.600. The predicted molar refractivity (Wildman–Crippen MR) is 82.8 cm³/mol. The van der Waals surface area contributed by atoms with Crippen LogP contribution in [-0.2, 0) is 6.42 Å². The Morgan fingerprint density at radius 3 is 3.06 bits per heavy atom. The molecule has 1 aromatic rings. The van der Waals surface area contributed by atoms with E-state index in [0.717, 1.165) is 11.8 Å². The summed E-state index contributed by atoms with van der Waals surface area (Å²) in [6, 6.07) is 8.84. The van der Waals surface area contributed by atoms with Crippen LogP contribution in [0.1, 0.15) is 25.3 Å². The Kier molecular flexibility index (Phi) is 3.92. The number of hydrogen-bond donors (Lipinski definition) is 1. The molecule has 1 nitrogen and oxygen atoms in total. The molecule has 0 bridgehead atoms. The van der Waals surface area contributed by atoms with E-state index in [4.69, 9.17) is 0 Å². The summed E-state index contributed by atoms with van der Waals surface area (Å²) in [5.41, 5.74) is 1.54. The van der Waals surface area contributed by atoms with Crippen LogP contribution in [-0.4, -0.2) is 28.8 Å². The van der Waals surface area contributed by atoms with Crippen LogP contribution in [0.5, 0.6) is 0 Å². The lowest BCUT2D eigenvalue weighted by atomic mass is 10.1. The van der Waals surface area contributed by atoms with E-state index in [0.29, 0.717) is 4.75 Å². The average Bonchev–Trinajstić information content (AvgIpc) is 2.95. The third kappa shape index (κ3) is 2.89. The maximum absolute atomic E-state index is 3.70. The maximum atomic E-state index is 3.70. The minimum absolute atomic E-state index is 0.496. The van der Waals surface area contributed by atoms with E-state index in [2.05, 4.69) is 48.3 Å². The van der Waals surface area contributed by atoms with Crippen molar-refractivity contribution in [3.05, 3.63) is 29.8 Å². The molecule has 18 heavy (non-hydrogen) atoms. The highest BCUT2D eigenvalue weighted by atomic mass is 32.2. The lowest BCUT2D eigenvalue weighted by Gasteiger charge is -2.23. The smallest absolute Gasteiger partial charge is 0.0260 e. The summed E-state index contributed by atoms with van der Waals surface area (Å²) in [6.07, 6.45) is 4.01. The first kappa shape index (κ1) is 12.9. The van der Waals surface area contributed by atoms with Gasteiger partial charge in [0.05, 0.1) is 0 Å². The molecule has 2 unspecified atom stereocenters. The van der Waals surface area contributed by atoms with Crippen molar-refractivity contribution in [1.82, 2.24) is 5.32 Å². The molecule has 0 amide bonds. The molecular formula is C15H21NS2. The van der Waals surface area contributed by atoms with Crippen LogP contribution in [0, 0.1) is 0 Å². The molecule has 3 rings (SSSR count). The molecule has 1 saturated heterocycles. The van der Waals surface area contributed by atoms with Crippen molar-refractivity contribution in [2.75, 3.05) is 18.8 Å². The van der Waals surface area contributed by atoms with Crippen molar-refractivity contribution in [3.63, 3.8) is 0 Å². The molecule has 1 N–H and O–H groups in total. The fourth-order valence-corrected chi connectivity index (χ4v) is 5.40. The van der Waals surface area contributed by atoms with Gasteiger partial charge in [0.1, 0.15) is 0 Å². The van der Waals surface area contributed by atoms with Gasteiger partial charge >= 0.3 is 0 Å². The maximum Gasteiger partial charge on any atom is 0.0260 e. The standard InChI is InChI=1S/C15H21NS2/c1-15(7-4-8-17-15)11-16-10-13-9-12-5-2-3-6-14(12)18-13/h2-3,5-6,13,16H,4,7-11H2,1H3. The number of thioether (sulfide) groups is 2. The van der Waals surface area contributed by atoms with Gasteiger partial charge in [0.15, 0.2) is 0 Å². The Hall–Kier alpha value is -0.120. The van der Waals surface area contributed by atoms with Crippen molar-refractivity contribution in [3.8, 4) is 0 Å². The predicted octanol–water partition coefficient (Wildman–Crippen LogP) is 3.58. The Bertz CT molecular complexity index is 388. The summed E-state index contributed by atoms with van der Waals surface area (Å²) < 4.78 is 0.496. The van der Waals surface area contributed by atoms with Gasteiger partial charge in [-0.2, -0.15) is 11.8 Å². The molecule has 1 aromatic carbocycles. The number of rotatable bonds is 4. The molecule has 0 spiro atoms. The Balaban J connectivity index is 1.46. The molecule has 1 fully saturated rings. The van der Waals surface area contributed by atoms with Gasteiger partial charge in [-0.25, -0.2) is 0 Å². The summed E-state index contributed by atoms with van der Waals surface area (Å²) in [6.45, 7) is 4.73. The van der Waals surface area contributed by atoms with Gasteiger partial charge in [-0.15, -0.1) is 11.8 Å². The Morgan fingerprint density at radius 1 is 1.39 bits per heavy atom. The summed E-state index contributed by atoms with van der Waals surface area (Å²) >= 11 is 4.19. The van der Waals surface area contributed by atoms with E-state index in [-0.39, 0.29) is 0 Å². The molecule has 2 aliphatic heterocycles. The minimum atomic E-state index is 0.496. The van der Waals surface area contributed by atoms with E-state index >= 15 is 0 Å². The van der Waals surface area contributed by atoms with E-state index in [1.54, 1.807) is 0 Å². The molecule has 3 heteroatoms. The zero-order valence-corrected chi connectivity index (χ0v) is 12.6. The van der Waals surface area contributed by atoms with Gasteiger partial charge in [-0.1, -0.05) is 18.2 Å². The van der Waals surface area contributed by atoms with Crippen LogP contribution >= 0.6 is 23.5 Å². The third-order valence-corrected chi connectivity index (χ3v) is 6.74. The van der Waals surface area contributed by atoms with Crippen LogP contribution in [0.2, 0.25) is 0 Å². The molecule has 0 aliphatic carbocycles. The van der Waals surface area contributed by atoms with E-state index < -0.39 is 0 Å². The molecule has 98 valence electrons. The lowest BCUT2D eigenvalue weighted by Crippen LogP contribution is -2.36. The molecule has 0 aromatic heterocycles. The molecule has 0 radical (unpaired) electrons. The molecule has 2 aliphatic rings. The van der Waals surface area contributed by atoms with E-state index in [1.165, 1.54) is 42.0 Å². The first-order chi connectivity index (χ1) is 8.75. The number of fused-ring (bicyclic) bond motifs is 1. The third-order valence-electron chi connectivity index (χ3n) is 3.89. The van der Waals surface area contributed by atoms with Gasteiger partial charge in [-0.3, -0.25) is 0 Å². The van der Waals surface area contributed by atoms with E-state index in [9.17, 15) is 0 Å². The van der Waals surface area contributed by atoms with Crippen molar-refractivity contribution in [1.29, 1.82) is 0 Å². The van der Waals surface area contributed by atoms with Crippen molar-refractivity contribution < 1.29 is 0 Å². The lowest BCUT2D eigenvalue weighted by molar-refractivity contribution is 0.535. The highest BCUT2D eigenvalue weighted by Gasteiger charge is 2.29. The Morgan fingerprint density at radius 2 is 2.28 bits per heavy atom. The van der Waals surface area contributed by atoms with Crippen LogP contribution in [0.3, 0.4) is 0 Å². The van der Waals surface area contributed by atoms with Gasteiger partial charge in [0.25, 0.3) is 0 Å². The number of nitrogens with one attached hydrogen (secondary N) is 1. The number of benzene rings is 1. The molecule has 0 saturated carbocycles. The van der Waals surface area contributed by atoms with Crippen LogP contribution < -0.4 is 5.32 Å². The van der Waals surface area contributed by atoms with Crippen LogP contribution in [0.15, 0.2) is 29.2 Å². The second kappa shape index (κ2) is 5.48. The zero-order chi connectivity index (χ0) is 12.4. The van der Waals surface area contributed by atoms with Gasteiger partial charge in [-0.05, 0) is 43.6 Å². The minimum Gasteiger partial charge on any atom is -0.314 e. The first-order valence-electron chi connectivity index (χ1n) is 6.84. The normalized spacial score (nSPS) is 30.6. The van der Waals surface area contributed by atoms with Gasteiger partial charge < -0.3 is 5.32 Å². The molecule has 2 heterocycles. The Labute approximate surface area is 119 Å². The molecule has 2 atom stereocenters. The fourth-order valence-electron chi connectivity index (χ4n) is 2.84. The van der Waals surface area contributed by atoms with Crippen molar-refractivity contribution in [2.45, 2.75) is 41.1 Å². The van der Waals surface area contributed by atoms with Crippen molar-refractivity contribution in [2.24, 2.45) is 0 Å². The van der Waals surface area contributed by atoms with Crippen molar-refractivity contribution >= 4 is 23.5 Å². The van der Waals surface area contributed by atoms with Gasteiger partial charge in [0, 0.05) is 28.0 Å².